The van der Waals surface area contributed by atoms with Crippen LogP contribution in [0, 0.1) is 13.8 Å². The normalized spacial score (nSPS) is 25.7. The van der Waals surface area contributed by atoms with Gasteiger partial charge in [0.15, 0.2) is 0 Å². The fraction of sp³-hybridized carbons (Fsp3) is 0.733. The Kier molecular flexibility index (Phi) is 3.44. The smallest absolute Gasteiger partial charge is 0.223 e. The molecule has 1 saturated heterocycles. The molecule has 0 unspecified atom stereocenters. The molecule has 1 saturated carbocycles. The van der Waals surface area contributed by atoms with Crippen molar-refractivity contribution in [3.05, 3.63) is 17.5 Å². The van der Waals surface area contributed by atoms with Gasteiger partial charge in [0.2, 0.25) is 5.95 Å². The Bertz CT molecular complexity index is 434. The van der Waals surface area contributed by atoms with Crippen molar-refractivity contribution >= 4 is 5.95 Å². The molecule has 0 bridgehead atoms. The molecule has 0 amide bonds. The van der Waals surface area contributed by atoms with Gasteiger partial charge in [-0.3, -0.25) is 0 Å². The molecule has 1 spiro atoms. The van der Waals surface area contributed by atoms with Gasteiger partial charge in [0.1, 0.15) is 0 Å². The fourth-order valence-electron chi connectivity index (χ4n) is 3.49. The van der Waals surface area contributed by atoms with E-state index < -0.39 is 0 Å². The third-order valence-electron chi connectivity index (χ3n) is 4.32. The summed E-state index contributed by atoms with van der Waals surface area (Å²) in [5, 5.41) is 3.51. The van der Waals surface area contributed by atoms with E-state index in [2.05, 4.69) is 15.3 Å². The second-order valence-corrected chi connectivity index (χ2v) is 6.05. The van der Waals surface area contributed by atoms with E-state index in [0.29, 0.717) is 6.04 Å². The summed E-state index contributed by atoms with van der Waals surface area (Å²) in [7, 11) is 0. The van der Waals surface area contributed by atoms with Crippen LogP contribution in [0.3, 0.4) is 0 Å². The van der Waals surface area contributed by atoms with Gasteiger partial charge in [-0.1, -0.05) is 12.8 Å². The number of nitrogens with zero attached hydrogens (tertiary/aromatic N) is 2. The van der Waals surface area contributed by atoms with Crippen LogP contribution >= 0.6 is 0 Å². The van der Waals surface area contributed by atoms with Crippen LogP contribution in [-0.2, 0) is 4.74 Å². The van der Waals surface area contributed by atoms with Crippen LogP contribution in [0.25, 0.3) is 0 Å². The van der Waals surface area contributed by atoms with Crippen molar-refractivity contribution < 1.29 is 4.74 Å². The van der Waals surface area contributed by atoms with Crippen LogP contribution in [0.15, 0.2) is 6.07 Å². The quantitative estimate of drug-likeness (QED) is 0.889. The maximum atomic E-state index is 6.06. The highest BCUT2D eigenvalue weighted by atomic mass is 16.5. The Morgan fingerprint density at radius 2 is 1.89 bits per heavy atom. The van der Waals surface area contributed by atoms with Gasteiger partial charge in [0.25, 0.3) is 0 Å². The maximum absolute atomic E-state index is 6.06. The number of aryl methyl sites for hydroxylation is 2. The van der Waals surface area contributed by atoms with Gasteiger partial charge in [-0.2, -0.15) is 0 Å². The zero-order chi connectivity index (χ0) is 13.3. The summed E-state index contributed by atoms with van der Waals surface area (Å²) in [4.78, 5) is 8.96. The maximum Gasteiger partial charge on any atom is 0.223 e. The molecule has 2 heterocycles. The average molecular weight is 261 g/mol. The lowest BCUT2D eigenvalue weighted by atomic mass is 9.89. The molecule has 4 heteroatoms. The molecule has 4 nitrogen and oxygen atoms in total. The van der Waals surface area contributed by atoms with Gasteiger partial charge in [-0.05, 0) is 45.6 Å². The zero-order valence-electron chi connectivity index (χ0n) is 11.9. The monoisotopic (exact) mass is 261 g/mol. The molecule has 1 N–H and O–H groups in total. The summed E-state index contributed by atoms with van der Waals surface area (Å²) in [5.74, 6) is 0.776. The van der Waals surface area contributed by atoms with E-state index in [1.165, 1.54) is 25.7 Å². The van der Waals surface area contributed by atoms with Crippen molar-refractivity contribution in [3.63, 3.8) is 0 Å². The Balaban J connectivity index is 1.69. The van der Waals surface area contributed by atoms with Crippen molar-refractivity contribution in [1.82, 2.24) is 9.97 Å². The highest BCUT2D eigenvalue weighted by Gasteiger charge is 2.40. The summed E-state index contributed by atoms with van der Waals surface area (Å²) in [5.41, 5.74) is 2.20. The average Bonchev–Trinajstić information content (AvgIpc) is 2.76. The van der Waals surface area contributed by atoms with Crippen molar-refractivity contribution in [1.29, 1.82) is 0 Å². The summed E-state index contributed by atoms with van der Waals surface area (Å²) in [6.45, 7) is 4.90. The predicted molar refractivity (Wildman–Crippen MR) is 75.3 cm³/mol. The lowest BCUT2D eigenvalue weighted by Gasteiger charge is -2.38. The molecule has 2 fully saturated rings. The highest BCUT2D eigenvalue weighted by molar-refractivity contribution is 5.29. The van der Waals surface area contributed by atoms with Crippen molar-refractivity contribution in [2.45, 2.75) is 64.0 Å². The molecule has 1 aliphatic carbocycles. The van der Waals surface area contributed by atoms with Gasteiger partial charge in [0, 0.05) is 24.0 Å². The summed E-state index contributed by atoms with van der Waals surface area (Å²) < 4.78 is 6.06. The SMILES string of the molecule is Cc1cc(C)nc(N[C@H]2CCOC3(CCCC3)C2)n1. The number of aromatic nitrogens is 2. The molecule has 2 aliphatic rings. The molecule has 1 aromatic rings. The Morgan fingerprint density at radius 3 is 2.58 bits per heavy atom. The minimum Gasteiger partial charge on any atom is -0.375 e. The second-order valence-electron chi connectivity index (χ2n) is 6.05. The molecule has 0 radical (unpaired) electrons. The van der Waals surface area contributed by atoms with Gasteiger partial charge in [0.05, 0.1) is 5.60 Å². The van der Waals surface area contributed by atoms with Crippen molar-refractivity contribution in [3.8, 4) is 0 Å². The van der Waals surface area contributed by atoms with Gasteiger partial charge in [-0.25, -0.2) is 9.97 Å². The van der Waals surface area contributed by atoms with Gasteiger partial charge in [-0.15, -0.1) is 0 Å². The third kappa shape index (κ3) is 2.89. The summed E-state index contributed by atoms with van der Waals surface area (Å²) in [6.07, 6.45) is 7.22. The lowest BCUT2D eigenvalue weighted by molar-refractivity contribution is -0.0767. The highest BCUT2D eigenvalue weighted by Crippen LogP contribution is 2.40. The van der Waals surface area contributed by atoms with E-state index in [0.717, 1.165) is 36.8 Å². The molecule has 104 valence electrons. The van der Waals surface area contributed by atoms with Crippen LogP contribution in [0.5, 0.6) is 0 Å². The number of rotatable bonds is 2. The number of hydrogen-bond acceptors (Lipinski definition) is 4. The largest absolute Gasteiger partial charge is 0.375 e. The zero-order valence-corrected chi connectivity index (χ0v) is 11.9. The first-order chi connectivity index (χ1) is 9.15. The van der Waals surface area contributed by atoms with Crippen molar-refractivity contribution in [2.75, 3.05) is 11.9 Å². The molecule has 1 aliphatic heterocycles. The van der Waals surface area contributed by atoms with Crippen LogP contribution in [0.1, 0.15) is 49.9 Å². The van der Waals surface area contributed by atoms with Crippen LogP contribution in [0.2, 0.25) is 0 Å². The van der Waals surface area contributed by atoms with E-state index in [4.69, 9.17) is 4.74 Å². The number of anilines is 1. The topological polar surface area (TPSA) is 47.0 Å². The van der Waals surface area contributed by atoms with Crippen LogP contribution in [-0.4, -0.2) is 28.2 Å². The summed E-state index contributed by atoms with van der Waals surface area (Å²) in [6, 6.07) is 2.46. The minimum absolute atomic E-state index is 0.148. The first kappa shape index (κ1) is 12.9. The first-order valence-electron chi connectivity index (χ1n) is 7.38. The number of nitrogens with one attached hydrogen (secondary N) is 1. The van der Waals surface area contributed by atoms with E-state index in [1.54, 1.807) is 0 Å². The van der Waals surface area contributed by atoms with E-state index in [-0.39, 0.29) is 5.60 Å². The van der Waals surface area contributed by atoms with Gasteiger partial charge < -0.3 is 10.1 Å². The molecule has 1 aromatic heterocycles. The van der Waals surface area contributed by atoms with Crippen LogP contribution in [0.4, 0.5) is 5.95 Å². The van der Waals surface area contributed by atoms with Crippen LogP contribution < -0.4 is 5.32 Å². The second kappa shape index (κ2) is 5.08. The molecule has 1 atom stereocenters. The minimum atomic E-state index is 0.148. The molecular formula is C15H23N3O. The van der Waals surface area contributed by atoms with Gasteiger partial charge >= 0.3 is 0 Å². The van der Waals surface area contributed by atoms with E-state index >= 15 is 0 Å². The first-order valence-corrected chi connectivity index (χ1v) is 7.38. The number of ether oxygens (including phenoxy) is 1. The lowest BCUT2D eigenvalue weighted by Crippen LogP contribution is -2.42. The summed E-state index contributed by atoms with van der Waals surface area (Å²) >= 11 is 0. The standard InChI is InChI=1S/C15H23N3O/c1-11-9-12(2)17-14(16-11)18-13-5-8-19-15(10-13)6-3-4-7-15/h9,13H,3-8,10H2,1-2H3,(H,16,17,18)/t13-/m0/s1. The molecular weight excluding hydrogens is 238 g/mol. The Labute approximate surface area is 115 Å². The van der Waals surface area contributed by atoms with E-state index in [9.17, 15) is 0 Å². The Hall–Kier alpha value is -1.16. The molecule has 0 aromatic carbocycles. The fourth-order valence-corrected chi connectivity index (χ4v) is 3.49. The van der Waals surface area contributed by atoms with E-state index in [1.807, 2.05) is 19.9 Å². The predicted octanol–water partition coefficient (Wildman–Crippen LogP) is 3.00. The Morgan fingerprint density at radius 1 is 1.21 bits per heavy atom. The number of hydrogen-bond donors (Lipinski definition) is 1. The molecule has 19 heavy (non-hydrogen) atoms. The molecule has 3 rings (SSSR count). The third-order valence-corrected chi connectivity index (χ3v) is 4.32. The van der Waals surface area contributed by atoms with Crippen molar-refractivity contribution in [2.24, 2.45) is 0 Å².